The molecule has 2 aromatic carbocycles. The average molecular weight is 456 g/mol. The molecule has 2 heterocycles. The molecule has 1 N–H and O–H groups in total. The van der Waals surface area contributed by atoms with Gasteiger partial charge in [0.15, 0.2) is 0 Å². The van der Waals surface area contributed by atoms with E-state index in [1.165, 1.54) is 23.9 Å². The molecule has 4 rings (SSSR count). The van der Waals surface area contributed by atoms with Gasteiger partial charge in [-0.2, -0.15) is 0 Å². The van der Waals surface area contributed by atoms with Gasteiger partial charge in [-0.15, -0.1) is 11.8 Å². The predicted molar refractivity (Wildman–Crippen MR) is 124 cm³/mol. The van der Waals surface area contributed by atoms with Crippen LogP contribution in [0.1, 0.15) is 13.8 Å². The second-order valence-corrected chi connectivity index (χ2v) is 9.06. The number of para-hydroxylation sites is 1. The Morgan fingerprint density at radius 2 is 1.88 bits per heavy atom. The molecule has 1 aromatic heterocycles. The molecule has 8 heteroatoms. The van der Waals surface area contributed by atoms with Crippen molar-refractivity contribution in [1.29, 1.82) is 0 Å². The summed E-state index contributed by atoms with van der Waals surface area (Å²) in [5, 5.41) is 3.71. The number of hydrogen-bond donors (Lipinski definition) is 1. The lowest BCUT2D eigenvalue weighted by molar-refractivity contribution is -0.143. The molecular weight excluding hydrogens is 429 g/mol. The van der Waals surface area contributed by atoms with Crippen molar-refractivity contribution in [3.05, 3.63) is 60.5 Å². The number of thioether (sulfide) groups is 1. The lowest BCUT2D eigenvalue weighted by atomic mass is 10.2. The van der Waals surface area contributed by atoms with Gasteiger partial charge in [0.05, 0.1) is 18.0 Å². The van der Waals surface area contributed by atoms with E-state index >= 15 is 0 Å². The summed E-state index contributed by atoms with van der Waals surface area (Å²) in [4.78, 5) is 28.1. The normalized spacial score (nSPS) is 18.7. The molecule has 0 saturated carbocycles. The predicted octanol–water partition coefficient (Wildman–Crippen LogP) is 4.15. The van der Waals surface area contributed by atoms with E-state index in [2.05, 4.69) is 5.32 Å². The highest BCUT2D eigenvalue weighted by Crippen LogP contribution is 2.30. The topological polar surface area (TPSA) is 63.6 Å². The number of amides is 2. The number of fused-ring (bicyclic) bond motifs is 1. The number of carbonyl (C=O) groups is 2. The van der Waals surface area contributed by atoms with Crippen LogP contribution in [0.5, 0.6) is 0 Å². The third kappa shape index (κ3) is 5.31. The number of carbonyl (C=O) groups excluding carboxylic acids is 2. The number of ether oxygens (including phenoxy) is 1. The van der Waals surface area contributed by atoms with Crippen LogP contribution < -0.4 is 5.32 Å². The Hall–Kier alpha value is -2.84. The molecule has 2 atom stereocenters. The Balaban J connectivity index is 1.45. The van der Waals surface area contributed by atoms with Crippen molar-refractivity contribution in [2.24, 2.45) is 0 Å². The summed E-state index contributed by atoms with van der Waals surface area (Å²) in [5.41, 5.74) is 1.38. The van der Waals surface area contributed by atoms with Crippen molar-refractivity contribution >= 4 is 40.2 Å². The average Bonchev–Trinajstić information content (AvgIpc) is 3.09. The Morgan fingerprint density at radius 1 is 1.12 bits per heavy atom. The number of nitrogens with one attached hydrogen (secondary N) is 1. The zero-order chi connectivity index (χ0) is 22.7. The van der Waals surface area contributed by atoms with Crippen LogP contribution in [0.4, 0.5) is 10.1 Å². The van der Waals surface area contributed by atoms with Crippen LogP contribution in [0.25, 0.3) is 10.9 Å². The minimum atomic E-state index is -0.396. The van der Waals surface area contributed by atoms with E-state index in [0.29, 0.717) is 18.8 Å². The third-order valence-corrected chi connectivity index (χ3v) is 6.34. The van der Waals surface area contributed by atoms with Crippen LogP contribution in [-0.2, 0) is 20.9 Å². The van der Waals surface area contributed by atoms with Gasteiger partial charge < -0.3 is 19.5 Å². The fourth-order valence-corrected chi connectivity index (χ4v) is 4.88. The SMILES string of the molecule is CC1CN(C(=O)Cn2cc(SCC(=O)Nc3cccc(F)c3)c3ccccc32)CC(C)O1. The molecule has 2 amide bonds. The van der Waals surface area contributed by atoms with E-state index in [1.807, 2.05) is 53.8 Å². The van der Waals surface area contributed by atoms with Gasteiger partial charge in [0.25, 0.3) is 0 Å². The van der Waals surface area contributed by atoms with E-state index in [0.717, 1.165) is 15.8 Å². The smallest absolute Gasteiger partial charge is 0.242 e. The minimum Gasteiger partial charge on any atom is -0.372 e. The van der Waals surface area contributed by atoms with Crippen LogP contribution in [-0.4, -0.2) is 52.3 Å². The van der Waals surface area contributed by atoms with E-state index in [9.17, 15) is 14.0 Å². The molecule has 0 aliphatic carbocycles. The summed E-state index contributed by atoms with van der Waals surface area (Å²) in [6.07, 6.45) is 1.97. The monoisotopic (exact) mass is 455 g/mol. The quantitative estimate of drug-likeness (QED) is 0.568. The van der Waals surface area contributed by atoms with Crippen molar-refractivity contribution < 1.29 is 18.7 Å². The maximum absolute atomic E-state index is 13.3. The first-order valence-electron chi connectivity index (χ1n) is 10.6. The van der Waals surface area contributed by atoms with Crippen molar-refractivity contribution in [3.8, 4) is 0 Å². The van der Waals surface area contributed by atoms with Crippen LogP contribution in [0, 0.1) is 5.82 Å². The maximum Gasteiger partial charge on any atom is 0.242 e. The van der Waals surface area contributed by atoms with Gasteiger partial charge in [-0.3, -0.25) is 9.59 Å². The van der Waals surface area contributed by atoms with E-state index in [1.54, 1.807) is 12.1 Å². The molecular formula is C24H26FN3O3S. The van der Waals surface area contributed by atoms with Crippen LogP contribution in [0.15, 0.2) is 59.6 Å². The van der Waals surface area contributed by atoms with Crippen LogP contribution >= 0.6 is 11.8 Å². The summed E-state index contributed by atoms with van der Waals surface area (Å²) in [5.74, 6) is -0.387. The summed E-state index contributed by atoms with van der Waals surface area (Å²) in [7, 11) is 0. The summed E-state index contributed by atoms with van der Waals surface area (Å²) in [6, 6.07) is 13.7. The molecule has 32 heavy (non-hydrogen) atoms. The largest absolute Gasteiger partial charge is 0.372 e. The highest BCUT2D eigenvalue weighted by molar-refractivity contribution is 8.00. The van der Waals surface area contributed by atoms with Gasteiger partial charge in [0.2, 0.25) is 11.8 Å². The lowest BCUT2D eigenvalue weighted by Crippen LogP contribution is -2.49. The molecule has 1 saturated heterocycles. The van der Waals surface area contributed by atoms with Gasteiger partial charge in [-0.1, -0.05) is 24.3 Å². The van der Waals surface area contributed by atoms with E-state index < -0.39 is 5.82 Å². The van der Waals surface area contributed by atoms with Gasteiger partial charge in [-0.25, -0.2) is 4.39 Å². The number of halogens is 1. The molecule has 3 aromatic rings. The second kappa shape index (κ2) is 9.75. The molecule has 2 unspecified atom stereocenters. The standard InChI is InChI=1S/C24H26FN3O3S/c1-16-11-28(12-17(2)31-16)24(30)14-27-13-22(20-8-3-4-9-21(20)27)32-15-23(29)26-19-7-5-6-18(25)10-19/h3-10,13,16-17H,11-12,14-15H2,1-2H3,(H,26,29). The number of aromatic nitrogens is 1. The molecule has 6 nitrogen and oxygen atoms in total. The highest BCUT2D eigenvalue weighted by Gasteiger charge is 2.26. The molecule has 0 bridgehead atoms. The molecule has 0 spiro atoms. The van der Waals surface area contributed by atoms with Gasteiger partial charge in [0.1, 0.15) is 12.4 Å². The number of anilines is 1. The van der Waals surface area contributed by atoms with Gasteiger partial charge in [0, 0.05) is 40.8 Å². The van der Waals surface area contributed by atoms with Gasteiger partial charge in [-0.05, 0) is 38.1 Å². The Bertz CT molecular complexity index is 1120. The summed E-state index contributed by atoms with van der Waals surface area (Å²) in [6.45, 7) is 5.36. The number of morpholine rings is 1. The Kier molecular flexibility index (Phi) is 6.81. The van der Waals surface area contributed by atoms with Crippen molar-refractivity contribution in [3.63, 3.8) is 0 Å². The van der Waals surface area contributed by atoms with Crippen molar-refractivity contribution in [2.45, 2.75) is 37.5 Å². The van der Waals surface area contributed by atoms with Crippen LogP contribution in [0.3, 0.4) is 0 Å². The number of nitrogens with zero attached hydrogens (tertiary/aromatic N) is 2. The Morgan fingerprint density at radius 3 is 2.62 bits per heavy atom. The summed E-state index contributed by atoms with van der Waals surface area (Å²) < 4.78 is 21.0. The minimum absolute atomic E-state index is 0.0202. The lowest BCUT2D eigenvalue weighted by Gasteiger charge is -2.35. The maximum atomic E-state index is 13.3. The summed E-state index contributed by atoms with van der Waals surface area (Å²) >= 11 is 1.39. The van der Waals surface area contributed by atoms with E-state index in [4.69, 9.17) is 4.74 Å². The van der Waals surface area contributed by atoms with Crippen molar-refractivity contribution in [1.82, 2.24) is 9.47 Å². The van der Waals surface area contributed by atoms with Crippen molar-refractivity contribution in [2.75, 3.05) is 24.2 Å². The molecule has 0 radical (unpaired) electrons. The first-order valence-corrected chi connectivity index (χ1v) is 11.6. The fourth-order valence-electron chi connectivity index (χ4n) is 3.99. The molecule has 168 valence electrons. The zero-order valence-corrected chi connectivity index (χ0v) is 18.9. The number of hydrogen-bond acceptors (Lipinski definition) is 4. The second-order valence-electron chi connectivity index (χ2n) is 8.04. The third-order valence-electron chi connectivity index (χ3n) is 5.30. The highest BCUT2D eigenvalue weighted by atomic mass is 32.2. The molecule has 1 aliphatic rings. The fraction of sp³-hybridized carbons (Fsp3) is 0.333. The molecule has 1 fully saturated rings. The Labute approximate surface area is 190 Å². The zero-order valence-electron chi connectivity index (χ0n) is 18.1. The van der Waals surface area contributed by atoms with E-state index in [-0.39, 0.29) is 36.3 Å². The first kappa shape index (κ1) is 22.4. The number of benzene rings is 2. The van der Waals surface area contributed by atoms with Gasteiger partial charge >= 0.3 is 0 Å². The first-order chi connectivity index (χ1) is 15.4. The van der Waals surface area contributed by atoms with Crippen LogP contribution in [0.2, 0.25) is 0 Å². The number of rotatable bonds is 6. The molecule has 1 aliphatic heterocycles.